The van der Waals surface area contributed by atoms with E-state index in [9.17, 15) is 4.79 Å². The molecule has 0 saturated heterocycles. The van der Waals surface area contributed by atoms with Gasteiger partial charge in [-0.2, -0.15) is 0 Å². The van der Waals surface area contributed by atoms with Crippen LogP contribution in [0.2, 0.25) is 0 Å². The average molecular weight is 335 g/mol. The molecule has 3 heteroatoms. The number of ether oxygens (including phenoxy) is 1. The van der Waals surface area contributed by atoms with Crippen molar-refractivity contribution in [3.63, 3.8) is 0 Å². The highest BCUT2D eigenvalue weighted by Gasteiger charge is 2.23. The van der Waals surface area contributed by atoms with Crippen LogP contribution in [0.4, 0.5) is 0 Å². The van der Waals surface area contributed by atoms with Gasteiger partial charge in [0.2, 0.25) is 0 Å². The third-order valence-electron chi connectivity index (χ3n) is 2.80. The van der Waals surface area contributed by atoms with Gasteiger partial charge in [-0.1, -0.05) is 72.1 Å². The number of terminal acetylenes is 1. The summed E-state index contributed by atoms with van der Waals surface area (Å²) in [4.78, 5) is 11.6. The summed E-state index contributed by atoms with van der Waals surface area (Å²) >= 11 is 3.32. The lowest BCUT2D eigenvalue weighted by molar-refractivity contribution is -0.145. The van der Waals surface area contributed by atoms with E-state index in [2.05, 4.69) is 21.9 Å². The second-order valence-electron chi connectivity index (χ2n) is 4.93. The minimum atomic E-state index is -0.637. The molecule has 106 valence electrons. The molecule has 0 radical (unpaired) electrons. The van der Waals surface area contributed by atoms with E-state index in [4.69, 9.17) is 11.2 Å². The summed E-state index contributed by atoms with van der Waals surface area (Å²) in [5.74, 6) is 2.34. The Hall–Kier alpha value is -1.53. The molecule has 0 aliphatic carbocycles. The van der Waals surface area contributed by atoms with E-state index in [0.29, 0.717) is 0 Å². The molecular weight excluding hydrogens is 316 g/mol. The smallest absolute Gasteiger partial charge is 0.321 e. The second-order valence-corrected chi connectivity index (χ2v) is 5.91. The third kappa shape index (κ3) is 4.86. The predicted octanol–water partition coefficient (Wildman–Crippen LogP) is 4.05. The minimum Gasteiger partial charge on any atom is -0.444 e. The van der Waals surface area contributed by atoms with Crippen LogP contribution in [0.3, 0.4) is 0 Å². The molecule has 0 spiro atoms. The monoisotopic (exact) mass is 334 g/mol. The Morgan fingerprint density at radius 2 is 1.95 bits per heavy atom. The average Bonchev–Trinajstić information content (AvgIpc) is 2.44. The Bertz CT molecular complexity index is 512. The number of halogens is 1. The first-order chi connectivity index (χ1) is 9.45. The normalized spacial score (nSPS) is 14.5. The number of carbonyl (C=O) groups is 1. The van der Waals surface area contributed by atoms with Crippen molar-refractivity contribution in [3.05, 3.63) is 41.5 Å². The van der Waals surface area contributed by atoms with Crippen molar-refractivity contribution in [2.45, 2.75) is 31.7 Å². The van der Waals surface area contributed by atoms with E-state index in [-0.39, 0.29) is 16.7 Å². The summed E-state index contributed by atoms with van der Waals surface area (Å²) in [6.07, 6.45) is 6.76. The molecule has 2 nitrogen and oxygen atoms in total. The van der Waals surface area contributed by atoms with Gasteiger partial charge < -0.3 is 4.74 Å². The van der Waals surface area contributed by atoms with Crippen LogP contribution in [0.1, 0.15) is 26.3 Å². The first-order valence-corrected chi connectivity index (χ1v) is 7.41. The van der Waals surface area contributed by atoms with Crippen LogP contribution in [0, 0.1) is 18.3 Å². The molecule has 20 heavy (non-hydrogen) atoms. The van der Waals surface area contributed by atoms with Gasteiger partial charge in [0, 0.05) is 0 Å². The van der Waals surface area contributed by atoms with Gasteiger partial charge in [-0.3, -0.25) is 4.79 Å². The first kappa shape index (κ1) is 16.5. The Balaban J connectivity index is 2.79. The minimum absolute atomic E-state index is 0.152. The second kappa shape index (κ2) is 7.91. The van der Waals surface area contributed by atoms with E-state index < -0.39 is 6.10 Å². The molecular formula is C17H19BrO2. The van der Waals surface area contributed by atoms with Crippen LogP contribution >= 0.6 is 15.9 Å². The number of benzene rings is 1. The zero-order valence-corrected chi connectivity index (χ0v) is 13.6. The fourth-order valence-electron chi connectivity index (χ4n) is 1.60. The van der Waals surface area contributed by atoms with E-state index in [0.717, 1.165) is 11.1 Å². The summed E-state index contributed by atoms with van der Waals surface area (Å²) in [6, 6.07) is 9.79. The number of hydrogen-bond acceptors (Lipinski definition) is 2. The van der Waals surface area contributed by atoms with Crippen LogP contribution in [0.25, 0.3) is 6.08 Å². The van der Waals surface area contributed by atoms with Crippen molar-refractivity contribution >= 4 is 28.0 Å². The van der Waals surface area contributed by atoms with Crippen LogP contribution < -0.4 is 0 Å². The summed E-state index contributed by atoms with van der Waals surface area (Å²) in [5, 5.41) is 0. The predicted molar refractivity (Wildman–Crippen MR) is 86.4 cm³/mol. The zero-order valence-electron chi connectivity index (χ0n) is 12.0. The Morgan fingerprint density at radius 3 is 2.45 bits per heavy atom. The number of rotatable bonds is 5. The Labute approximate surface area is 129 Å². The highest BCUT2D eigenvalue weighted by molar-refractivity contribution is 9.10. The van der Waals surface area contributed by atoms with Gasteiger partial charge in [0.25, 0.3) is 0 Å². The molecule has 1 aromatic carbocycles. The standard InChI is InChI=1S/C17H19BrO2/c1-5-15(20-17(19)16(18)12(2)3)13(4)11-14-9-7-6-8-10-14/h1,6-12,15-16H,2-4H3. The lowest BCUT2D eigenvalue weighted by Gasteiger charge is -2.17. The topological polar surface area (TPSA) is 26.3 Å². The molecule has 0 saturated carbocycles. The summed E-state index contributed by atoms with van der Waals surface area (Å²) in [6.45, 7) is 5.75. The van der Waals surface area contributed by atoms with Gasteiger partial charge in [-0.25, -0.2) is 0 Å². The SMILES string of the molecule is C#CC(OC(=O)C(Br)C(C)C)C(C)=Cc1ccccc1. The molecule has 1 aromatic rings. The number of hydrogen-bond donors (Lipinski definition) is 0. The zero-order chi connectivity index (χ0) is 15.1. The van der Waals surface area contributed by atoms with Crippen molar-refractivity contribution in [3.8, 4) is 12.3 Å². The fraction of sp³-hybridized carbons (Fsp3) is 0.353. The largest absolute Gasteiger partial charge is 0.444 e. The Kier molecular flexibility index (Phi) is 6.54. The van der Waals surface area contributed by atoms with Crippen molar-refractivity contribution in [1.29, 1.82) is 0 Å². The molecule has 2 unspecified atom stereocenters. The molecule has 0 fully saturated rings. The van der Waals surface area contributed by atoms with Gasteiger partial charge in [0.1, 0.15) is 4.83 Å². The van der Waals surface area contributed by atoms with Crippen LogP contribution in [0.5, 0.6) is 0 Å². The van der Waals surface area contributed by atoms with Crippen LogP contribution in [-0.2, 0) is 9.53 Å². The summed E-state index contributed by atoms with van der Waals surface area (Å²) < 4.78 is 5.37. The quantitative estimate of drug-likeness (QED) is 0.461. The Morgan fingerprint density at radius 1 is 1.35 bits per heavy atom. The van der Waals surface area contributed by atoms with Crippen molar-refractivity contribution < 1.29 is 9.53 Å². The molecule has 0 aromatic heterocycles. The summed E-state index contributed by atoms with van der Waals surface area (Å²) in [7, 11) is 0. The number of carbonyl (C=O) groups excluding carboxylic acids is 1. The molecule has 0 bridgehead atoms. The number of alkyl halides is 1. The maximum absolute atomic E-state index is 11.9. The molecule has 2 atom stereocenters. The molecule has 0 amide bonds. The molecule has 0 N–H and O–H groups in total. The van der Waals surface area contributed by atoms with Gasteiger partial charge in [-0.15, -0.1) is 6.42 Å². The number of esters is 1. The van der Waals surface area contributed by atoms with Gasteiger partial charge in [0.05, 0.1) is 0 Å². The van der Waals surface area contributed by atoms with Gasteiger partial charge >= 0.3 is 5.97 Å². The van der Waals surface area contributed by atoms with Crippen LogP contribution in [-0.4, -0.2) is 16.9 Å². The first-order valence-electron chi connectivity index (χ1n) is 6.49. The molecule has 0 heterocycles. The van der Waals surface area contributed by atoms with E-state index in [1.807, 2.05) is 57.2 Å². The van der Waals surface area contributed by atoms with Gasteiger partial charge in [0.15, 0.2) is 6.10 Å². The molecule has 1 rings (SSSR count). The maximum Gasteiger partial charge on any atom is 0.321 e. The van der Waals surface area contributed by atoms with Crippen LogP contribution in [0.15, 0.2) is 35.9 Å². The highest BCUT2D eigenvalue weighted by atomic mass is 79.9. The van der Waals surface area contributed by atoms with E-state index in [1.54, 1.807) is 0 Å². The lowest BCUT2D eigenvalue weighted by Crippen LogP contribution is -2.27. The van der Waals surface area contributed by atoms with Crippen molar-refractivity contribution in [2.24, 2.45) is 5.92 Å². The molecule has 0 aliphatic rings. The van der Waals surface area contributed by atoms with Gasteiger partial charge in [-0.05, 0) is 24.0 Å². The summed E-state index contributed by atoms with van der Waals surface area (Å²) in [5.41, 5.74) is 1.86. The van der Waals surface area contributed by atoms with E-state index in [1.165, 1.54) is 0 Å². The lowest BCUT2D eigenvalue weighted by atomic mass is 10.1. The van der Waals surface area contributed by atoms with Crippen molar-refractivity contribution in [1.82, 2.24) is 0 Å². The maximum atomic E-state index is 11.9. The third-order valence-corrected chi connectivity index (χ3v) is 4.23. The molecule has 0 aliphatic heterocycles. The van der Waals surface area contributed by atoms with E-state index >= 15 is 0 Å². The van der Waals surface area contributed by atoms with Crippen molar-refractivity contribution in [2.75, 3.05) is 0 Å². The highest BCUT2D eigenvalue weighted by Crippen LogP contribution is 2.17. The fourth-order valence-corrected chi connectivity index (χ4v) is 1.71.